The van der Waals surface area contributed by atoms with Gasteiger partial charge in [-0.3, -0.25) is 19.2 Å². The third-order valence-electron chi connectivity index (χ3n) is 9.90. The van der Waals surface area contributed by atoms with Gasteiger partial charge in [-0.25, -0.2) is 0 Å². The van der Waals surface area contributed by atoms with Crippen LogP contribution in [0.4, 0.5) is 0 Å². The molecule has 0 bridgehead atoms. The van der Waals surface area contributed by atoms with Crippen molar-refractivity contribution in [2.45, 2.75) is 140 Å². The summed E-state index contributed by atoms with van der Waals surface area (Å²) in [5.74, 6) is 1.50. The Bertz CT molecular complexity index is 1680. The maximum absolute atomic E-state index is 14.1. The Morgan fingerprint density at radius 2 is 0.929 bits per heavy atom. The molecule has 0 saturated heterocycles. The second-order valence-electron chi connectivity index (χ2n) is 16.9. The number of rotatable bonds is 24. The van der Waals surface area contributed by atoms with Gasteiger partial charge in [-0.15, -0.1) is 23.5 Å². The van der Waals surface area contributed by atoms with Crippen molar-refractivity contribution in [3.05, 3.63) is 93.0 Å². The highest BCUT2D eigenvalue weighted by Gasteiger charge is 2.25. The molecule has 3 aromatic carbocycles. The Morgan fingerprint density at radius 3 is 1.29 bits per heavy atom. The molecule has 0 atom stereocenters. The lowest BCUT2D eigenvalue weighted by atomic mass is 9.83. The van der Waals surface area contributed by atoms with Gasteiger partial charge in [0.05, 0.1) is 0 Å². The van der Waals surface area contributed by atoms with E-state index < -0.39 is 0 Å². The summed E-state index contributed by atoms with van der Waals surface area (Å²) in [4.78, 5) is 56.5. The molecule has 56 heavy (non-hydrogen) atoms. The average Bonchev–Trinajstić information content (AvgIpc) is 3.13. The van der Waals surface area contributed by atoms with E-state index in [-0.39, 0.29) is 46.8 Å². The first-order chi connectivity index (χ1) is 26.5. The summed E-state index contributed by atoms with van der Waals surface area (Å²) in [6.07, 6.45) is 6.45. The van der Waals surface area contributed by atoms with Crippen LogP contribution in [0.15, 0.2) is 58.3 Å². The van der Waals surface area contributed by atoms with Gasteiger partial charge in [0.1, 0.15) is 11.6 Å². The SMILES string of the molecule is CCCCCC(=O)Cc1cc(C(C)(C)C)cc(CC(=O)c2cccc(C(=O)Cc3cc(C(C)(C)C)cc(CC(=O)CCCCN)c3SCCN)c2)c1SCCN. The van der Waals surface area contributed by atoms with Crippen molar-refractivity contribution in [2.24, 2.45) is 17.2 Å². The number of hydrogen-bond acceptors (Lipinski definition) is 9. The van der Waals surface area contributed by atoms with Crippen molar-refractivity contribution < 1.29 is 19.2 Å². The van der Waals surface area contributed by atoms with Crippen molar-refractivity contribution in [3.63, 3.8) is 0 Å². The number of carbonyl (C=O) groups is 4. The van der Waals surface area contributed by atoms with Crippen LogP contribution in [0.25, 0.3) is 0 Å². The number of unbranched alkanes of at least 4 members (excludes halogenated alkanes) is 3. The second kappa shape index (κ2) is 22.8. The highest BCUT2D eigenvalue weighted by atomic mass is 32.2. The van der Waals surface area contributed by atoms with Crippen LogP contribution in [-0.4, -0.2) is 54.3 Å². The van der Waals surface area contributed by atoms with Gasteiger partial charge in [0.2, 0.25) is 0 Å². The molecule has 0 radical (unpaired) electrons. The molecule has 0 fully saturated rings. The average molecular weight is 802 g/mol. The van der Waals surface area contributed by atoms with Crippen LogP contribution in [0.3, 0.4) is 0 Å². The molecule has 0 unspecified atom stereocenters. The predicted octanol–water partition coefficient (Wildman–Crippen LogP) is 9.17. The van der Waals surface area contributed by atoms with Gasteiger partial charge in [-0.2, -0.15) is 0 Å². The van der Waals surface area contributed by atoms with Gasteiger partial charge in [0, 0.05) is 84.0 Å². The van der Waals surface area contributed by atoms with Crippen LogP contribution < -0.4 is 17.2 Å². The Labute approximate surface area is 345 Å². The van der Waals surface area contributed by atoms with E-state index in [0.717, 1.165) is 75.3 Å². The van der Waals surface area contributed by atoms with Crippen LogP contribution in [-0.2, 0) is 46.1 Å². The van der Waals surface area contributed by atoms with Gasteiger partial charge in [0.15, 0.2) is 11.6 Å². The Morgan fingerprint density at radius 1 is 0.536 bits per heavy atom. The highest BCUT2D eigenvalue weighted by Crippen LogP contribution is 2.36. The first-order valence-electron chi connectivity index (χ1n) is 20.4. The number of benzene rings is 3. The maximum Gasteiger partial charge on any atom is 0.167 e. The zero-order chi connectivity index (χ0) is 41.5. The lowest BCUT2D eigenvalue weighted by Crippen LogP contribution is -2.17. The van der Waals surface area contributed by atoms with E-state index in [0.29, 0.717) is 68.0 Å². The zero-order valence-corrected chi connectivity index (χ0v) is 36.7. The number of carbonyl (C=O) groups excluding carboxylic acids is 4. The maximum atomic E-state index is 14.1. The first-order valence-corrected chi connectivity index (χ1v) is 22.4. The van der Waals surface area contributed by atoms with Crippen molar-refractivity contribution >= 4 is 46.7 Å². The molecule has 0 spiro atoms. The minimum Gasteiger partial charge on any atom is -0.330 e. The summed E-state index contributed by atoms with van der Waals surface area (Å²) in [5.41, 5.74) is 23.9. The summed E-state index contributed by atoms with van der Waals surface area (Å²) < 4.78 is 0. The third kappa shape index (κ3) is 14.7. The number of nitrogens with two attached hydrogens (primary N) is 3. The normalized spacial score (nSPS) is 11.9. The molecule has 306 valence electrons. The number of hydrogen-bond donors (Lipinski definition) is 3. The topological polar surface area (TPSA) is 146 Å². The summed E-state index contributed by atoms with van der Waals surface area (Å²) >= 11 is 3.20. The fourth-order valence-corrected chi connectivity index (χ4v) is 8.56. The van der Waals surface area contributed by atoms with Gasteiger partial charge >= 0.3 is 0 Å². The molecule has 0 aromatic heterocycles. The molecule has 9 heteroatoms. The van der Waals surface area contributed by atoms with Crippen LogP contribution in [0.1, 0.15) is 148 Å². The largest absolute Gasteiger partial charge is 0.330 e. The van der Waals surface area contributed by atoms with Gasteiger partial charge in [0.25, 0.3) is 0 Å². The van der Waals surface area contributed by atoms with E-state index in [1.807, 2.05) is 0 Å². The van der Waals surface area contributed by atoms with E-state index in [1.54, 1.807) is 47.8 Å². The lowest BCUT2D eigenvalue weighted by molar-refractivity contribution is -0.119. The summed E-state index contributed by atoms with van der Waals surface area (Å²) in [5, 5.41) is 0. The minimum atomic E-state index is -0.202. The smallest absolute Gasteiger partial charge is 0.167 e. The summed E-state index contributed by atoms with van der Waals surface area (Å²) in [7, 11) is 0. The number of thioether (sulfide) groups is 2. The minimum absolute atomic E-state index is 0.0927. The molecule has 0 aliphatic heterocycles. The predicted molar refractivity (Wildman–Crippen MR) is 237 cm³/mol. The standard InChI is InChI=1S/C47H67N3O4S2/c1-8-9-10-16-40(51)28-34-24-38(46(2,3)4)26-36(44(34)55-21-19-49)30-42(53)32-14-13-15-33(23-32)43(54)31-37-27-39(47(5,6)7)25-35(45(37)56-22-20-50)29-41(52)17-11-12-18-48/h13-15,23-27H,8-12,16-22,28-31,48-50H2,1-7H3. The van der Waals surface area contributed by atoms with Crippen molar-refractivity contribution in [1.29, 1.82) is 0 Å². The fourth-order valence-electron chi connectivity index (χ4n) is 6.65. The number of Topliss-reactive ketones (excluding diaryl/α,β-unsaturated/α-hetero) is 4. The van der Waals surface area contributed by atoms with Crippen molar-refractivity contribution in [2.75, 3.05) is 31.1 Å². The molecular weight excluding hydrogens is 735 g/mol. The van der Waals surface area contributed by atoms with E-state index in [1.165, 1.54) is 0 Å². The summed E-state index contributed by atoms with van der Waals surface area (Å²) in [6.45, 7) is 16.5. The number of ketones is 4. The third-order valence-corrected chi connectivity index (χ3v) is 12.4. The molecule has 0 amide bonds. The fraction of sp³-hybridized carbons (Fsp3) is 0.532. The molecule has 6 N–H and O–H groups in total. The molecule has 0 aliphatic carbocycles. The highest BCUT2D eigenvalue weighted by molar-refractivity contribution is 7.99. The van der Waals surface area contributed by atoms with Crippen molar-refractivity contribution in [1.82, 2.24) is 0 Å². The second-order valence-corrected chi connectivity index (χ2v) is 19.1. The van der Waals surface area contributed by atoms with E-state index in [4.69, 9.17) is 17.2 Å². The molecule has 0 aliphatic rings. The Kier molecular flexibility index (Phi) is 19.2. The zero-order valence-electron chi connectivity index (χ0n) is 35.1. The lowest BCUT2D eigenvalue weighted by Gasteiger charge is -2.24. The van der Waals surface area contributed by atoms with E-state index in [2.05, 4.69) is 72.7 Å². The molecule has 3 rings (SSSR count). The van der Waals surface area contributed by atoms with E-state index in [9.17, 15) is 19.2 Å². The molecule has 7 nitrogen and oxygen atoms in total. The molecule has 0 saturated carbocycles. The molecular formula is C47H67N3O4S2. The van der Waals surface area contributed by atoms with Gasteiger partial charge in [-0.05, 0) is 76.1 Å². The van der Waals surface area contributed by atoms with E-state index >= 15 is 0 Å². The van der Waals surface area contributed by atoms with Crippen LogP contribution in [0.2, 0.25) is 0 Å². The van der Waals surface area contributed by atoms with Crippen LogP contribution in [0, 0.1) is 0 Å². The quantitative estimate of drug-likeness (QED) is 0.0459. The van der Waals surface area contributed by atoms with Crippen LogP contribution in [0.5, 0.6) is 0 Å². The van der Waals surface area contributed by atoms with Crippen LogP contribution >= 0.6 is 23.5 Å². The first kappa shape index (κ1) is 47.3. The van der Waals surface area contributed by atoms with Gasteiger partial charge in [-0.1, -0.05) is 104 Å². The summed E-state index contributed by atoms with van der Waals surface area (Å²) in [6, 6.07) is 15.5. The van der Waals surface area contributed by atoms with Gasteiger partial charge < -0.3 is 17.2 Å². The molecule has 0 heterocycles. The van der Waals surface area contributed by atoms with Crippen molar-refractivity contribution in [3.8, 4) is 0 Å². The molecule has 3 aromatic rings. The monoisotopic (exact) mass is 801 g/mol. The Hall–Kier alpha value is -3.08. The Balaban J connectivity index is 2.00.